The molecule has 1 aliphatic heterocycles. The fourth-order valence-corrected chi connectivity index (χ4v) is 4.17. The van der Waals surface area contributed by atoms with Crippen molar-refractivity contribution in [3.8, 4) is 0 Å². The molecule has 0 atom stereocenters. The number of hydrogen-bond donors (Lipinski definition) is 1. The summed E-state index contributed by atoms with van der Waals surface area (Å²) in [5, 5.41) is 3.96. The summed E-state index contributed by atoms with van der Waals surface area (Å²) in [6.45, 7) is 5.84. The number of carbonyl (C=O) groups is 1. The number of piperidine rings is 1. The van der Waals surface area contributed by atoms with Crippen molar-refractivity contribution < 1.29 is 4.79 Å². The molecule has 0 unspecified atom stereocenters. The van der Waals surface area contributed by atoms with E-state index >= 15 is 0 Å². The van der Waals surface area contributed by atoms with E-state index in [-0.39, 0.29) is 0 Å². The normalized spacial score (nSPS) is 17.4. The van der Waals surface area contributed by atoms with Gasteiger partial charge in [-0.2, -0.15) is 0 Å². The monoisotopic (exact) mass is 288 g/mol. The van der Waals surface area contributed by atoms with Crippen LogP contribution in [-0.4, -0.2) is 30.9 Å². The molecule has 0 spiro atoms. The van der Waals surface area contributed by atoms with E-state index in [1.807, 2.05) is 17.4 Å². The Morgan fingerprint density at radius 2 is 2.15 bits per heavy atom. The van der Waals surface area contributed by atoms with Gasteiger partial charge >= 0.3 is 0 Å². The van der Waals surface area contributed by atoms with Crippen LogP contribution in [0.15, 0.2) is 24.3 Å². The van der Waals surface area contributed by atoms with Gasteiger partial charge in [-0.1, -0.05) is 6.92 Å². The van der Waals surface area contributed by atoms with Gasteiger partial charge in [0.1, 0.15) is 0 Å². The predicted molar refractivity (Wildman–Crippen MR) is 85.6 cm³/mol. The molecule has 106 valence electrons. The van der Waals surface area contributed by atoms with Gasteiger partial charge in [0.2, 0.25) is 6.41 Å². The van der Waals surface area contributed by atoms with Gasteiger partial charge < -0.3 is 10.2 Å². The van der Waals surface area contributed by atoms with E-state index in [1.54, 1.807) is 0 Å². The van der Waals surface area contributed by atoms with Gasteiger partial charge in [-0.25, -0.2) is 0 Å². The molecule has 1 aromatic heterocycles. The SMILES string of the molecule is CCN1CCC(c2cc3cc(NC=O)ccc3s2)CC1. The third-order valence-electron chi connectivity index (χ3n) is 4.20. The fraction of sp³-hybridized carbons (Fsp3) is 0.438. The molecule has 0 bridgehead atoms. The van der Waals surface area contributed by atoms with Gasteiger partial charge in [0.15, 0.2) is 0 Å². The fourth-order valence-electron chi connectivity index (χ4n) is 2.96. The molecule has 1 fully saturated rings. The van der Waals surface area contributed by atoms with Crippen molar-refractivity contribution in [1.29, 1.82) is 0 Å². The summed E-state index contributed by atoms with van der Waals surface area (Å²) in [5.74, 6) is 0.706. The quantitative estimate of drug-likeness (QED) is 0.871. The Balaban J connectivity index is 1.80. The maximum atomic E-state index is 10.5. The van der Waals surface area contributed by atoms with Gasteiger partial charge in [0, 0.05) is 15.3 Å². The lowest BCUT2D eigenvalue weighted by Crippen LogP contribution is -2.32. The second-order valence-electron chi connectivity index (χ2n) is 5.37. The molecule has 0 radical (unpaired) electrons. The van der Waals surface area contributed by atoms with Crippen LogP contribution in [0.25, 0.3) is 10.1 Å². The molecule has 1 saturated heterocycles. The van der Waals surface area contributed by atoms with Crippen LogP contribution in [-0.2, 0) is 4.79 Å². The second kappa shape index (κ2) is 5.94. The number of nitrogens with one attached hydrogen (secondary N) is 1. The molecule has 3 rings (SSSR count). The number of anilines is 1. The van der Waals surface area contributed by atoms with Crippen molar-refractivity contribution in [2.24, 2.45) is 0 Å². The molecule has 3 nitrogen and oxygen atoms in total. The number of rotatable bonds is 4. The minimum Gasteiger partial charge on any atom is -0.329 e. The Hall–Kier alpha value is -1.39. The molecule has 4 heteroatoms. The number of benzene rings is 1. The van der Waals surface area contributed by atoms with Gasteiger partial charge in [-0.3, -0.25) is 4.79 Å². The largest absolute Gasteiger partial charge is 0.329 e. The van der Waals surface area contributed by atoms with Gasteiger partial charge in [-0.15, -0.1) is 11.3 Å². The van der Waals surface area contributed by atoms with Crippen LogP contribution in [0.4, 0.5) is 5.69 Å². The lowest BCUT2D eigenvalue weighted by Gasteiger charge is -2.30. The molecule has 0 aliphatic carbocycles. The molecule has 1 N–H and O–H groups in total. The molecular weight excluding hydrogens is 268 g/mol. The average Bonchev–Trinajstić information content (AvgIpc) is 2.91. The van der Waals surface area contributed by atoms with Crippen LogP contribution in [0.3, 0.4) is 0 Å². The summed E-state index contributed by atoms with van der Waals surface area (Å²) in [6.07, 6.45) is 3.26. The van der Waals surface area contributed by atoms with Gasteiger partial charge in [0.05, 0.1) is 0 Å². The number of likely N-dealkylation sites (tertiary alicyclic amines) is 1. The number of amides is 1. The van der Waals surface area contributed by atoms with Crippen molar-refractivity contribution in [1.82, 2.24) is 4.90 Å². The first kappa shape index (κ1) is 13.6. The maximum Gasteiger partial charge on any atom is 0.211 e. The first-order valence-corrected chi connectivity index (χ1v) is 8.08. The number of thiophene rings is 1. The van der Waals surface area contributed by atoms with Crippen molar-refractivity contribution in [2.75, 3.05) is 25.0 Å². The standard InChI is InChI=1S/C16H20N2OS/c1-2-18-7-5-12(6-8-18)16-10-13-9-14(17-11-19)3-4-15(13)20-16/h3-4,9-12H,2,5-8H2,1H3,(H,17,19). The van der Waals surface area contributed by atoms with E-state index in [9.17, 15) is 4.79 Å². The Morgan fingerprint density at radius 1 is 1.35 bits per heavy atom. The Bertz CT molecular complexity index is 600. The van der Waals surface area contributed by atoms with E-state index in [0.29, 0.717) is 5.92 Å². The zero-order valence-electron chi connectivity index (χ0n) is 11.8. The molecule has 1 aromatic carbocycles. The maximum absolute atomic E-state index is 10.5. The molecule has 2 heterocycles. The van der Waals surface area contributed by atoms with Crippen molar-refractivity contribution in [3.05, 3.63) is 29.1 Å². The topological polar surface area (TPSA) is 32.3 Å². The van der Waals surface area contributed by atoms with Crippen LogP contribution in [0.2, 0.25) is 0 Å². The highest BCUT2D eigenvalue weighted by Gasteiger charge is 2.21. The Labute approximate surface area is 123 Å². The molecule has 20 heavy (non-hydrogen) atoms. The summed E-state index contributed by atoms with van der Waals surface area (Å²) < 4.78 is 1.31. The van der Waals surface area contributed by atoms with Gasteiger partial charge in [-0.05, 0) is 68.0 Å². The van der Waals surface area contributed by atoms with Crippen LogP contribution < -0.4 is 5.32 Å². The number of hydrogen-bond acceptors (Lipinski definition) is 3. The number of fused-ring (bicyclic) bond motifs is 1. The van der Waals surface area contributed by atoms with Crippen molar-refractivity contribution in [3.63, 3.8) is 0 Å². The zero-order chi connectivity index (χ0) is 13.9. The van der Waals surface area contributed by atoms with Crippen LogP contribution >= 0.6 is 11.3 Å². The first-order chi connectivity index (χ1) is 9.80. The van der Waals surface area contributed by atoms with E-state index in [4.69, 9.17) is 0 Å². The summed E-state index contributed by atoms with van der Waals surface area (Å²) >= 11 is 1.90. The molecule has 0 saturated carbocycles. The summed E-state index contributed by atoms with van der Waals surface area (Å²) in [4.78, 5) is 14.5. The highest BCUT2D eigenvalue weighted by Crippen LogP contribution is 2.37. The van der Waals surface area contributed by atoms with E-state index in [2.05, 4.69) is 35.3 Å². The third-order valence-corrected chi connectivity index (χ3v) is 5.48. The minimum atomic E-state index is 0.706. The molecule has 1 aliphatic rings. The minimum absolute atomic E-state index is 0.706. The highest BCUT2D eigenvalue weighted by atomic mass is 32.1. The summed E-state index contributed by atoms with van der Waals surface area (Å²) in [6, 6.07) is 8.44. The average molecular weight is 288 g/mol. The van der Waals surface area contributed by atoms with Crippen molar-refractivity contribution in [2.45, 2.75) is 25.7 Å². The van der Waals surface area contributed by atoms with Crippen molar-refractivity contribution >= 4 is 33.5 Å². The summed E-state index contributed by atoms with van der Waals surface area (Å²) in [7, 11) is 0. The zero-order valence-corrected chi connectivity index (χ0v) is 12.6. The van der Waals surface area contributed by atoms with E-state index < -0.39 is 0 Å². The van der Waals surface area contributed by atoms with E-state index in [1.165, 1.54) is 47.4 Å². The predicted octanol–water partition coefficient (Wildman–Crippen LogP) is 3.67. The van der Waals surface area contributed by atoms with E-state index in [0.717, 1.165) is 12.1 Å². The number of nitrogens with zero attached hydrogens (tertiary/aromatic N) is 1. The molecule has 1 amide bonds. The van der Waals surface area contributed by atoms with Gasteiger partial charge in [0.25, 0.3) is 0 Å². The first-order valence-electron chi connectivity index (χ1n) is 7.26. The second-order valence-corrected chi connectivity index (χ2v) is 6.49. The lowest BCUT2D eigenvalue weighted by atomic mass is 9.95. The number of carbonyl (C=O) groups excluding carboxylic acids is 1. The summed E-state index contributed by atoms with van der Waals surface area (Å²) in [5.41, 5.74) is 0.873. The smallest absolute Gasteiger partial charge is 0.211 e. The Kier molecular flexibility index (Phi) is 4.03. The molecule has 2 aromatic rings. The highest BCUT2D eigenvalue weighted by molar-refractivity contribution is 7.19. The lowest BCUT2D eigenvalue weighted by molar-refractivity contribution is -0.105. The molecular formula is C16H20N2OS. The Morgan fingerprint density at radius 3 is 2.85 bits per heavy atom. The van der Waals surface area contributed by atoms with Crippen LogP contribution in [0, 0.1) is 0 Å². The van der Waals surface area contributed by atoms with Crippen LogP contribution in [0.1, 0.15) is 30.6 Å². The third kappa shape index (κ3) is 2.72. The van der Waals surface area contributed by atoms with Crippen LogP contribution in [0.5, 0.6) is 0 Å².